The summed E-state index contributed by atoms with van der Waals surface area (Å²) >= 11 is 0. The summed E-state index contributed by atoms with van der Waals surface area (Å²) in [6, 6.07) is 0. The zero-order valence-corrected chi connectivity index (χ0v) is 10.1. The van der Waals surface area contributed by atoms with Crippen molar-refractivity contribution in [2.24, 2.45) is 0 Å². The van der Waals surface area contributed by atoms with Crippen molar-refractivity contribution in [2.75, 3.05) is 0 Å². The molecule has 0 heterocycles. The van der Waals surface area contributed by atoms with Crippen LogP contribution in [-0.4, -0.2) is 0 Å². The van der Waals surface area contributed by atoms with Gasteiger partial charge in [0.15, 0.2) is 0 Å². The van der Waals surface area contributed by atoms with E-state index in [1.807, 2.05) is 12.2 Å². The van der Waals surface area contributed by atoms with E-state index in [-0.39, 0.29) is 69.7 Å². The Bertz CT molecular complexity index is 68.5. The first kappa shape index (κ1) is 16.3. The molecule has 0 aliphatic heterocycles. The predicted octanol–water partition coefficient (Wildman–Crippen LogP) is -4.69. The van der Waals surface area contributed by atoms with E-state index in [1.54, 1.807) is 0 Å². The van der Waals surface area contributed by atoms with Crippen molar-refractivity contribution < 1.29 is 69.7 Å². The van der Waals surface area contributed by atoms with E-state index >= 15 is 0 Å². The summed E-state index contributed by atoms with van der Waals surface area (Å²) in [6.07, 6.45) is 10.0. The van der Waals surface area contributed by atoms with Gasteiger partial charge in [-0.25, -0.2) is 12.2 Å². The van der Waals surface area contributed by atoms with Crippen molar-refractivity contribution in [3.8, 4) is 0 Å². The molecule has 0 saturated carbocycles. The van der Waals surface area contributed by atoms with Crippen LogP contribution in [-0.2, 0) is 21.7 Å². The maximum Gasteiger partial charge on any atom is 3.00 e. The van der Waals surface area contributed by atoms with Gasteiger partial charge < -0.3 is 48.0 Å². The van der Waals surface area contributed by atoms with Crippen LogP contribution in [0.3, 0.4) is 0 Å². The Labute approximate surface area is 99.1 Å². The fourth-order valence-electron chi connectivity index (χ4n) is 0.340. The van der Waals surface area contributed by atoms with Gasteiger partial charge in [0.05, 0.1) is 0 Å². The van der Waals surface area contributed by atoms with Crippen molar-refractivity contribution in [3.63, 3.8) is 0 Å². The van der Waals surface area contributed by atoms with Crippen molar-refractivity contribution in [2.45, 2.75) is 6.42 Å². The SMILES string of the molecule is [C-]1=CC=CC1.[I-].[I-].[Ti+3]. The fraction of sp³-hybridized carbons (Fsp3) is 0.200. The third-order valence-electron chi connectivity index (χ3n) is 0.586. The molecule has 0 unspecified atom stereocenters. The van der Waals surface area contributed by atoms with E-state index in [0.717, 1.165) is 6.42 Å². The van der Waals surface area contributed by atoms with Crippen LogP contribution in [0.2, 0.25) is 0 Å². The van der Waals surface area contributed by atoms with E-state index in [2.05, 4.69) is 12.2 Å². The maximum atomic E-state index is 2.99. The molecular weight excluding hydrogens is 362 g/mol. The zero-order valence-electron chi connectivity index (χ0n) is 4.20. The predicted molar refractivity (Wildman–Crippen MR) is 21.6 cm³/mol. The van der Waals surface area contributed by atoms with Crippen LogP contribution in [0.15, 0.2) is 18.2 Å². The van der Waals surface area contributed by atoms with E-state index in [4.69, 9.17) is 0 Å². The maximum absolute atomic E-state index is 2.99. The second-order valence-electron chi connectivity index (χ2n) is 1.00. The summed E-state index contributed by atoms with van der Waals surface area (Å²) in [5, 5.41) is 0. The summed E-state index contributed by atoms with van der Waals surface area (Å²) in [4.78, 5) is 0. The van der Waals surface area contributed by atoms with Gasteiger partial charge in [-0.05, 0) is 0 Å². The molecular formula is C5H5I2Ti. The van der Waals surface area contributed by atoms with E-state index in [0.29, 0.717) is 0 Å². The van der Waals surface area contributed by atoms with E-state index < -0.39 is 0 Å². The topological polar surface area (TPSA) is 0 Å². The molecule has 0 spiro atoms. The van der Waals surface area contributed by atoms with Gasteiger partial charge in [-0.2, -0.15) is 6.08 Å². The Kier molecular flexibility index (Phi) is 23.4. The van der Waals surface area contributed by atoms with Crippen molar-refractivity contribution in [3.05, 3.63) is 24.3 Å². The van der Waals surface area contributed by atoms with Gasteiger partial charge in [0.25, 0.3) is 0 Å². The van der Waals surface area contributed by atoms with Crippen molar-refractivity contribution >= 4 is 0 Å². The average Bonchev–Trinajstić information content (AvgIpc) is 1.76. The molecule has 1 radical (unpaired) electrons. The number of hydrogen-bond donors (Lipinski definition) is 0. The minimum absolute atomic E-state index is 0. The Morgan fingerprint density at radius 3 is 2.00 bits per heavy atom. The van der Waals surface area contributed by atoms with Gasteiger partial charge >= 0.3 is 21.7 Å². The molecule has 0 bridgehead atoms. The van der Waals surface area contributed by atoms with Gasteiger partial charge in [-0.1, -0.05) is 0 Å². The third kappa shape index (κ3) is 7.65. The summed E-state index contributed by atoms with van der Waals surface area (Å²) in [6.45, 7) is 0. The summed E-state index contributed by atoms with van der Waals surface area (Å²) in [5.41, 5.74) is 0. The van der Waals surface area contributed by atoms with E-state index in [9.17, 15) is 0 Å². The minimum Gasteiger partial charge on any atom is -1.00 e. The molecule has 3 heteroatoms. The number of hydrogen-bond acceptors (Lipinski definition) is 0. The Hall–Kier alpha value is 1.65. The first-order valence-electron chi connectivity index (χ1n) is 1.72. The molecule has 0 aromatic rings. The molecule has 0 N–H and O–H groups in total. The van der Waals surface area contributed by atoms with Gasteiger partial charge in [-0.3, -0.25) is 6.08 Å². The third-order valence-corrected chi connectivity index (χ3v) is 0.586. The molecule has 0 aromatic heterocycles. The summed E-state index contributed by atoms with van der Waals surface area (Å²) in [7, 11) is 0. The average molecular weight is 367 g/mol. The van der Waals surface area contributed by atoms with Gasteiger partial charge in [0, 0.05) is 0 Å². The Morgan fingerprint density at radius 2 is 1.88 bits per heavy atom. The normalized spacial score (nSPS) is 11.0. The van der Waals surface area contributed by atoms with Crippen LogP contribution >= 0.6 is 0 Å². The zero-order chi connectivity index (χ0) is 3.54. The molecule has 1 rings (SSSR count). The molecule has 1 aliphatic carbocycles. The fourth-order valence-corrected chi connectivity index (χ4v) is 0.340. The van der Waals surface area contributed by atoms with Crippen molar-refractivity contribution in [1.82, 2.24) is 0 Å². The monoisotopic (exact) mass is 367 g/mol. The van der Waals surface area contributed by atoms with Gasteiger partial charge in [-0.15, -0.1) is 6.42 Å². The van der Waals surface area contributed by atoms with Gasteiger partial charge in [0.2, 0.25) is 0 Å². The van der Waals surface area contributed by atoms with Crippen LogP contribution in [0.4, 0.5) is 0 Å². The minimum atomic E-state index is 0. The Morgan fingerprint density at radius 1 is 1.25 bits per heavy atom. The smallest absolute Gasteiger partial charge is 1.00 e. The molecule has 0 aromatic carbocycles. The standard InChI is InChI=1S/C5H5.2HI.Ti/c1-2-4-5-3-1;;;/h1-3H,4H2;2*1H;/q-1;;;+3/p-2. The van der Waals surface area contributed by atoms with Crippen LogP contribution in [0.1, 0.15) is 6.42 Å². The van der Waals surface area contributed by atoms with E-state index in [1.165, 1.54) is 0 Å². The quantitative estimate of drug-likeness (QED) is 0.230. The Balaban J connectivity index is -0.0000000833. The molecule has 43 valence electrons. The van der Waals surface area contributed by atoms with Crippen molar-refractivity contribution in [1.29, 1.82) is 0 Å². The van der Waals surface area contributed by atoms with Crippen LogP contribution in [0, 0.1) is 6.08 Å². The summed E-state index contributed by atoms with van der Waals surface area (Å²) < 4.78 is 0. The summed E-state index contributed by atoms with van der Waals surface area (Å²) in [5.74, 6) is 0. The van der Waals surface area contributed by atoms with Crippen LogP contribution in [0.25, 0.3) is 0 Å². The number of halogens is 2. The molecule has 0 saturated heterocycles. The molecule has 0 nitrogen and oxygen atoms in total. The molecule has 8 heavy (non-hydrogen) atoms. The van der Waals surface area contributed by atoms with Gasteiger partial charge in [0.1, 0.15) is 0 Å². The van der Waals surface area contributed by atoms with Crippen LogP contribution < -0.4 is 48.0 Å². The second-order valence-corrected chi connectivity index (χ2v) is 1.00. The largest absolute Gasteiger partial charge is 3.00 e. The number of rotatable bonds is 0. The molecule has 1 aliphatic rings. The van der Waals surface area contributed by atoms with Crippen LogP contribution in [0.5, 0.6) is 0 Å². The number of allylic oxidation sites excluding steroid dienone is 4. The first-order chi connectivity index (χ1) is 2.50. The molecule has 0 amide bonds. The first-order valence-corrected chi connectivity index (χ1v) is 1.72. The molecule has 0 fully saturated rings. The second kappa shape index (κ2) is 11.5. The molecule has 0 atom stereocenters.